The van der Waals surface area contributed by atoms with Crippen LogP contribution in [0.4, 0.5) is 0 Å². The Bertz CT molecular complexity index is 1280. The van der Waals surface area contributed by atoms with Crippen LogP contribution in [0.1, 0.15) is 264 Å². The summed E-state index contributed by atoms with van der Waals surface area (Å²) in [4.78, 5) is 12.5. The molecule has 2 unspecified atom stereocenters. The normalized spacial score (nSPS) is 13.7. The molecule has 0 radical (unpaired) electrons. The van der Waals surface area contributed by atoms with E-state index >= 15 is 0 Å². The molecule has 0 aromatic carbocycles. The van der Waals surface area contributed by atoms with E-state index in [2.05, 4.69) is 116 Å². The van der Waals surface area contributed by atoms with E-state index in [1.54, 1.807) is 6.08 Å². The second-order valence-electron chi connectivity index (χ2n) is 19.0. The molecule has 0 saturated carbocycles. The third-order valence-electron chi connectivity index (χ3n) is 12.5. The van der Waals surface area contributed by atoms with Gasteiger partial charge in [-0.05, 0) is 83.5 Å². The average molecular weight is 929 g/mol. The summed E-state index contributed by atoms with van der Waals surface area (Å²) in [6.45, 7) is 4.20. The van der Waals surface area contributed by atoms with Crippen LogP contribution in [-0.4, -0.2) is 34.9 Å². The summed E-state index contributed by atoms with van der Waals surface area (Å²) in [5, 5.41) is 23.2. The molecule has 0 aromatic heterocycles. The van der Waals surface area contributed by atoms with Crippen LogP contribution in [0.25, 0.3) is 0 Å². The monoisotopic (exact) mass is 928 g/mol. The molecule has 0 rings (SSSR count). The summed E-state index contributed by atoms with van der Waals surface area (Å²) in [6.07, 6.45) is 86.7. The molecule has 0 bridgehead atoms. The number of nitrogens with one attached hydrogen (secondary N) is 1. The van der Waals surface area contributed by atoms with E-state index < -0.39 is 12.1 Å². The van der Waals surface area contributed by atoms with Gasteiger partial charge in [-0.2, -0.15) is 0 Å². The van der Waals surface area contributed by atoms with Gasteiger partial charge in [0.25, 0.3) is 0 Å². The molecule has 3 N–H and O–H groups in total. The highest BCUT2D eigenvalue weighted by molar-refractivity contribution is 5.76. The van der Waals surface area contributed by atoms with E-state index in [1.165, 1.54) is 167 Å². The fraction of sp³-hybridized carbons (Fsp3) is 0.698. The first kappa shape index (κ1) is 64.0. The highest BCUT2D eigenvalue weighted by Crippen LogP contribution is 2.16. The number of aliphatic hydroxyl groups excluding tert-OH is 2. The maximum Gasteiger partial charge on any atom is 0.220 e. The molecule has 4 heteroatoms. The zero-order chi connectivity index (χ0) is 48.5. The van der Waals surface area contributed by atoms with Gasteiger partial charge in [0.15, 0.2) is 0 Å². The summed E-state index contributed by atoms with van der Waals surface area (Å²) in [5.74, 6) is -0.0712. The van der Waals surface area contributed by atoms with Crippen LogP contribution in [0, 0.1) is 0 Å². The topological polar surface area (TPSA) is 69.6 Å². The van der Waals surface area contributed by atoms with Crippen molar-refractivity contribution in [3.05, 3.63) is 109 Å². The minimum atomic E-state index is -0.848. The van der Waals surface area contributed by atoms with Crippen LogP contribution < -0.4 is 5.32 Å². The Morgan fingerprint density at radius 3 is 0.985 bits per heavy atom. The quantitative estimate of drug-likeness (QED) is 0.0420. The summed E-state index contributed by atoms with van der Waals surface area (Å²) in [5.41, 5.74) is 0. The number of hydrogen-bond donors (Lipinski definition) is 3. The van der Waals surface area contributed by atoms with E-state index in [9.17, 15) is 15.0 Å². The van der Waals surface area contributed by atoms with E-state index in [0.717, 1.165) is 77.0 Å². The molecule has 0 heterocycles. The van der Waals surface area contributed by atoms with E-state index in [4.69, 9.17) is 0 Å². The lowest BCUT2D eigenvalue weighted by Crippen LogP contribution is -2.45. The molecule has 0 aliphatic carbocycles. The van der Waals surface area contributed by atoms with Gasteiger partial charge in [-0.25, -0.2) is 0 Å². The predicted molar refractivity (Wildman–Crippen MR) is 299 cm³/mol. The second kappa shape index (κ2) is 57.4. The maximum atomic E-state index is 12.5. The molecular formula is C63H109NO3. The SMILES string of the molecule is CC/C=C\C/C=C\C/C=C\C/C=C\C/C=C\C/C=C\C/C=C\C/C=C\CCCCCCCCCCCCC(=O)NC(CO)C(O)/C=C/CCCCCCCCCCCCCCCCCCCC. The van der Waals surface area contributed by atoms with Crippen LogP contribution in [0.15, 0.2) is 109 Å². The van der Waals surface area contributed by atoms with E-state index in [0.29, 0.717) is 6.42 Å². The van der Waals surface area contributed by atoms with Crippen molar-refractivity contribution in [2.45, 2.75) is 276 Å². The average Bonchev–Trinajstić information content (AvgIpc) is 3.33. The first-order valence-corrected chi connectivity index (χ1v) is 28.6. The van der Waals surface area contributed by atoms with E-state index in [1.807, 2.05) is 6.08 Å². The van der Waals surface area contributed by atoms with Crippen molar-refractivity contribution in [3.8, 4) is 0 Å². The molecular weight excluding hydrogens is 819 g/mol. The molecule has 0 saturated heterocycles. The van der Waals surface area contributed by atoms with Crippen LogP contribution in [0.5, 0.6) is 0 Å². The summed E-state index contributed by atoms with van der Waals surface area (Å²) < 4.78 is 0. The van der Waals surface area contributed by atoms with Crippen molar-refractivity contribution in [1.82, 2.24) is 5.32 Å². The smallest absolute Gasteiger partial charge is 0.220 e. The first-order chi connectivity index (χ1) is 33.2. The van der Waals surface area contributed by atoms with Crippen molar-refractivity contribution in [1.29, 1.82) is 0 Å². The highest BCUT2D eigenvalue weighted by atomic mass is 16.3. The second-order valence-corrected chi connectivity index (χ2v) is 19.0. The minimum absolute atomic E-state index is 0.0712. The van der Waals surface area contributed by atoms with Gasteiger partial charge >= 0.3 is 0 Å². The summed E-state index contributed by atoms with van der Waals surface area (Å²) >= 11 is 0. The van der Waals surface area contributed by atoms with Gasteiger partial charge in [-0.1, -0.05) is 284 Å². The Kier molecular flexibility index (Phi) is 54.8. The molecule has 0 fully saturated rings. The number of allylic oxidation sites excluding steroid dienone is 17. The van der Waals surface area contributed by atoms with Crippen molar-refractivity contribution >= 4 is 5.91 Å². The molecule has 1 amide bonds. The third kappa shape index (κ3) is 53.9. The molecule has 0 spiro atoms. The van der Waals surface area contributed by atoms with E-state index in [-0.39, 0.29) is 12.5 Å². The number of aliphatic hydroxyl groups is 2. The highest BCUT2D eigenvalue weighted by Gasteiger charge is 2.18. The molecule has 0 aromatic rings. The largest absolute Gasteiger partial charge is 0.394 e. The summed E-state index contributed by atoms with van der Waals surface area (Å²) in [7, 11) is 0. The van der Waals surface area contributed by atoms with Gasteiger partial charge < -0.3 is 15.5 Å². The van der Waals surface area contributed by atoms with Gasteiger partial charge in [-0.3, -0.25) is 4.79 Å². The van der Waals surface area contributed by atoms with Gasteiger partial charge in [0, 0.05) is 6.42 Å². The van der Waals surface area contributed by atoms with Crippen molar-refractivity contribution in [2.24, 2.45) is 0 Å². The van der Waals surface area contributed by atoms with Crippen LogP contribution in [0.2, 0.25) is 0 Å². The van der Waals surface area contributed by atoms with Crippen molar-refractivity contribution in [2.75, 3.05) is 6.61 Å². The number of carbonyl (C=O) groups excluding carboxylic acids is 1. The van der Waals surface area contributed by atoms with Crippen molar-refractivity contribution < 1.29 is 15.0 Å². The Hall–Kier alpha value is -2.95. The Balaban J connectivity index is 3.59. The molecule has 2 atom stereocenters. The van der Waals surface area contributed by atoms with Gasteiger partial charge in [0.2, 0.25) is 5.91 Å². The fourth-order valence-corrected chi connectivity index (χ4v) is 8.20. The number of rotatable bonds is 51. The van der Waals surface area contributed by atoms with Crippen molar-refractivity contribution in [3.63, 3.8) is 0 Å². The van der Waals surface area contributed by atoms with Gasteiger partial charge in [0.1, 0.15) is 0 Å². The summed E-state index contributed by atoms with van der Waals surface area (Å²) in [6, 6.07) is -0.632. The standard InChI is InChI=1S/C63H109NO3/c1-3-5-7-9-11-13-15-17-19-21-23-25-26-27-28-29-30-31-32-33-34-35-36-37-38-39-41-43-45-47-49-51-53-55-57-59-63(67)64-61(60-65)62(66)58-56-54-52-50-48-46-44-42-40-24-22-20-18-16-14-12-10-8-6-4-2/h5,7,11,13,17,19,23,25,27-28,30-31,33-34,36-37,56,58,61-62,65-66H,3-4,6,8-10,12,14-16,18,20-22,24,26,29,32,35,38-55,57,59-60H2,1-2H3,(H,64,67)/b7-5-,13-11-,19-17-,25-23-,28-27-,31-30-,34-33-,37-36-,58-56+. The number of amides is 1. The Morgan fingerprint density at radius 2 is 0.657 bits per heavy atom. The number of unbranched alkanes of at least 4 members (excludes halogenated alkanes) is 28. The molecule has 384 valence electrons. The van der Waals surface area contributed by atoms with Gasteiger partial charge in [-0.15, -0.1) is 0 Å². The number of hydrogen-bond acceptors (Lipinski definition) is 3. The Labute approximate surface area is 416 Å². The lowest BCUT2D eigenvalue weighted by atomic mass is 10.0. The maximum absolute atomic E-state index is 12.5. The lowest BCUT2D eigenvalue weighted by molar-refractivity contribution is -0.123. The first-order valence-electron chi connectivity index (χ1n) is 28.6. The number of carbonyl (C=O) groups is 1. The zero-order valence-electron chi connectivity index (χ0n) is 44.1. The minimum Gasteiger partial charge on any atom is -0.394 e. The lowest BCUT2D eigenvalue weighted by Gasteiger charge is -2.20. The predicted octanol–water partition coefficient (Wildman–Crippen LogP) is 19.1. The zero-order valence-corrected chi connectivity index (χ0v) is 44.1. The molecule has 0 aliphatic rings. The fourth-order valence-electron chi connectivity index (χ4n) is 8.20. The van der Waals surface area contributed by atoms with Crippen LogP contribution in [0.3, 0.4) is 0 Å². The Morgan fingerprint density at radius 1 is 0.373 bits per heavy atom. The third-order valence-corrected chi connectivity index (χ3v) is 12.5. The molecule has 0 aliphatic heterocycles. The van der Waals surface area contributed by atoms with Crippen LogP contribution >= 0.6 is 0 Å². The molecule has 67 heavy (non-hydrogen) atoms. The van der Waals surface area contributed by atoms with Crippen LogP contribution in [-0.2, 0) is 4.79 Å². The molecule has 4 nitrogen and oxygen atoms in total. The van der Waals surface area contributed by atoms with Gasteiger partial charge in [0.05, 0.1) is 18.8 Å².